The Morgan fingerprint density at radius 2 is 2.14 bits per heavy atom. The molecule has 11 heteroatoms. The van der Waals surface area contributed by atoms with Gasteiger partial charge in [-0.2, -0.15) is 0 Å². The van der Waals surface area contributed by atoms with E-state index >= 15 is 0 Å². The molecule has 0 unspecified atom stereocenters. The summed E-state index contributed by atoms with van der Waals surface area (Å²) in [5.74, 6) is 0. The Morgan fingerprint density at radius 1 is 1.43 bits per heavy atom. The second-order valence-electron chi connectivity index (χ2n) is 3.94. The first-order valence-electron chi connectivity index (χ1n) is 5.72. The second kappa shape index (κ2) is 5.61. The van der Waals surface area contributed by atoms with E-state index in [-0.39, 0.29) is 21.4 Å². The fraction of sp³-hybridized carbons (Fsp3) is 0.200. The van der Waals surface area contributed by atoms with Crippen LogP contribution in [0.4, 0.5) is 16.5 Å². The van der Waals surface area contributed by atoms with Crippen LogP contribution >= 0.6 is 11.3 Å². The minimum atomic E-state index is -3.92. The molecule has 2 rings (SSSR count). The maximum atomic E-state index is 12.1. The van der Waals surface area contributed by atoms with E-state index in [9.17, 15) is 18.5 Å². The molecule has 1 heterocycles. The molecule has 112 valence electrons. The zero-order chi connectivity index (χ0) is 15.6. The highest BCUT2D eigenvalue weighted by Crippen LogP contribution is 2.26. The van der Waals surface area contributed by atoms with Crippen molar-refractivity contribution in [2.24, 2.45) is 0 Å². The highest BCUT2D eigenvalue weighted by molar-refractivity contribution is 7.93. The Kier molecular flexibility index (Phi) is 4.04. The summed E-state index contributed by atoms with van der Waals surface area (Å²) in [6, 6.07) is 3.18. The molecule has 3 N–H and O–H groups in total. The number of benzene rings is 1. The van der Waals surface area contributed by atoms with Gasteiger partial charge >= 0.3 is 0 Å². The number of aromatic nitrogens is 2. The predicted octanol–water partition coefficient (Wildman–Crippen LogP) is 1.39. The quantitative estimate of drug-likeness (QED) is 0.479. The summed E-state index contributed by atoms with van der Waals surface area (Å²) >= 11 is 1.11. The third kappa shape index (κ3) is 3.25. The van der Waals surface area contributed by atoms with E-state index in [0.29, 0.717) is 11.4 Å². The molecule has 9 nitrogen and oxygen atoms in total. The molecule has 0 spiro atoms. The molecule has 0 atom stereocenters. The largest absolute Gasteiger partial charge is 0.393 e. The number of nitrogens with two attached hydrogens (primary N) is 1. The van der Waals surface area contributed by atoms with E-state index in [4.69, 9.17) is 5.73 Å². The van der Waals surface area contributed by atoms with E-state index < -0.39 is 14.9 Å². The minimum absolute atomic E-state index is 0.128. The van der Waals surface area contributed by atoms with Gasteiger partial charge in [0.1, 0.15) is 10.7 Å². The van der Waals surface area contributed by atoms with E-state index in [1.165, 1.54) is 0 Å². The molecule has 0 aliphatic carbocycles. The average Bonchev–Trinajstić information content (AvgIpc) is 2.85. The smallest absolute Gasteiger partial charge is 0.292 e. The third-order valence-corrected chi connectivity index (χ3v) is 4.95. The zero-order valence-corrected chi connectivity index (χ0v) is 12.4. The number of hydrogen-bond acceptors (Lipinski definition) is 8. The Hall–Kier alpha value is -2.27. The van der Waals surface area contributed by atoms with Gasteiger partial charge in [-0.25, -0.2) is 8.42 Å². The molecular weight excluding hydrogens is 318 g/mol. The molecule has 0 saturated heterocycles. The van der Waals surface area contributed by atoms with Gasteiger partial charge in [-0.15, -0.1) is 10.2 Å². The molecule has 2 aromatic rings. The lowest BCUT2D eigenvalue weighted by molar-refractivity contribution is -0.383. The molecule has 1 aromatic carbocycles. The number of hydrogen-bond donors (Lipinski definition) is 2. The van der Waals surface area contributed by atoms with Crippen molar-refractivity contribution in [3.05, 3.63) is 33.3 Å². The van der Waals surface area contributed by atoms with Gasteiger partial charge in [-0.05, 0) is 18.6 Å². The summed E-state index contributed by atoms with van der Waals surface area (Å²) in [6.07, 6.45) is 0.643. The lowest BCUT2D eigenvalue weighted by atomic mass is 10.3. The SMILES string of the molecule is CCc1nnc(NS(=O)(=O)c2ccc([N+](=O)[O-])c(N)c2)s1. The summed E-state index contributed by atoms with van der Waals surface area (Å²) in [7, 11) is -3.92. The summed E-state index contributed by atoms with van der Waals surface area (Å²) in [5, 5.41) is 19.0. The van der Waals surface area contributed by atoms with Crippen LogP contribution in [0.25, 0.3) is 0 Å². The number of nitrogens with one attached hydrogen (secondary N) is 1. The van der Waals surface area contributed by atoms with Crippen LogP contribution in [-0.2, 0) is 16.4 Å². The highest BCUT2D eigenvalue weighted by atomic mass is 32.2. The number of rotatable bonds is 5. The number of sulfonamides is 1. The summed E-state index contributed by atoms with van der Waals surface area (Å²) in [4.78, 5) is 9.79. The van der Waals surface area contributed by atoms with Crippen molar-refractivity contribution in [1.82, 2.24) is 10.2 Å². The van der Waals surface area contributed by atoms with Crippen LogP contribution in [0.5, 0.6) is 0 Å². The predicted molar refractivity (Wildman–Crippen MR) is 77.6 cm³/mol. The van der Waals surface area contributed by atoms with Gasteiger partial charge in [-0.3, -0.25) is 14.8 Å². The molecule has 1 aromatic heterocycles. The Bertz CT molecular complexity index is 786. The molecule has 0 aliphatic heterocycles. The number of nitrogens with zero attached hydrogens (tertiary/aromatic N) is 3. The van der Waals surface area contributed by atoms with Gasteiger partial charge in [-0.1, -0.05) is 18.3 Å². The van der Waals surface area contributed by atoms with Crippen molar-refractivity contribution in [3.63, 3.8) is 0 Å². The minimum Gasteiger partial charge on any atom is -0.393 e. The van der Waals surface area contributed by atoms with Crippen LogP contribution in [0.2, 0.25) is 0 Å². The lowest BCUT2D eigenvalue weighted by Gasteiger charge is -2.05. The van der Waals surface area contributed by atoms with E-state index in [2.05, 4.69) is 14.9 Å². The van der Waals surface area contributed by atoms with Gasteiger partial charge in [0.05, 0.1) is 9.82 Å². The molecule has 0 amide bonds. The molecule has 0 bridgehead atoms. The van der Waals surface area contributed by atoms with Crippen molar-refractivity contribution in [2.45, 2.75) is 18.2 Å². The van der Waals surface area contributed by atoms with Gasteiger partial charge in [0, 0.05) is 6.07 Å². The summed E-state index contributed by atoms with van der Waals surface area (Å²) < 4.78 is 26.5. The number of nitrogen functional groups attached to an aromatic ring is 1. The molecule has 21 heavy (non-hydrogen) atoms. The monoisotopic (exact) mass is 329 g/mol. The van der Waals surface area contributed by atoms with Crippen molar-refractivity contribution < 1.29 is 13.3 Å². The van der Waals surface area contributed by atoms with Crippen LogP contribution in [0, 0.1) is 10.1 Å². The summed E-state index contributed by atoms with van der Waals surface area (Å²) in [5.41, 5.74) is 4.90. The van der Waals surface area contributed by atoms with Crippen molar-refractivity contribution in [1.29, 1.82) is 0 Å². The third-order valence-electron chi connectivity index (χ3n) is 2.50. The first-order valence-corrected chi connectivity index (χ1v) is 8.02. The van der Waals surface area contributed by atoms with Crippen molar-refractivity contribution >= 4 is 37.9 Å². The highest BCUT2D eigenvalue weighted by Gasteiger charge is 2.20. The first-order chi connectivity index (χ1) is 9.83. The zero-order valence-electron chi connectivity index (χ0n) is 10.8. The number of anilines is 2. The van der Waals surface area contributed by atoms with E-state index in [1.807, 2.05) is 6.92 Å². The average molecular weight is 329 g/mol. The maximum Gasteiger partial charge on any atom is 0.292 e. The van der Waals surface area contributed by atoms with Crippen LogP contribution in [-0.4, -0.2) is 23.5 Å². The van der Waals surface area contributed by atoms with Gasteiger partial charge in [0.2, 0.25) is 5.13 Å². The topological polar surface area (TPSA) is 141 Å². The van der Waals surface area contributed by atoms with Gasteiger partial charge in [0.15, 0.2) is 0 Å². The molecule has 0 saturated carbocycles. The van der Waals surface area contributed by atoms with Crippen LogP contribution in [0.3, 0.4) is 0 Å². The molecule has 0 fully saturated rings. The number of aryl methyl sites for hydroxylation is 1. The molecule has 0 aliphatic rings. The number of nitro groups is 1. The Labute approximate surface area is 124 Å². The fourth-order valence-electron chi connectivity index (χ4n) is 1.48. The van der Waals surface area contributed by atoms with Crippen LogP contribution in [0.1, 0.15) is 11.9 Å². The Balaban J connectivity index is 2.31. The fourth-order valence-corrected chi connectivity index (χ4v) is 3.42. The second-order valence-corrected chi connectivity index (χ2v) is 6.68. The van der Waals surface area contributed by atoms with Crippen molar-refractivity contribution in [3.8, 4) is 0 Å². The molecular formula is C10H11N5O4S2. The summed E-state index contributed by atoms with van der Waals surface area (Å²) in [6.45, 7) is 1.87. The maximum absolute atomic E-state index is 12.1. The first kappa shape index (κ1) is 15.1. The van der Waals surface area contributed by atoms with Gasteiger partial charge in [0.25, 0.3) is 15.7 Å². The van der Waals surface area contributed by atoms with Gasteiger partial charge < -0.3 is 5.73 Å². The van der Waals surface area contributed by atoms with E-state index in [1.54, 1.807) is 0 Å². The Morgan fingerprint density at radius 3 is 2.67 bits per heavy atom. The standard InChI is InChI=1S/C10H11N5O4S2/c1-2-9-12-13-10(20-9)14-21(18,19)6-3-4-8(15(16)17)7(11)5-6/h3-5H,2,11H2,1H3,(H,13,14). The number of nitro benzene ring substituents is 1. The lowest BCUT2D eigenvalue weighted by Crippen LogP contribution is -2.13. The van der Waals surface area contributed by atoms with E-state index in [0.717, 1.165) is 29.5 Å². The van der Waals surface area contributed by atoms with Crippen LogP contribution < -0.4 is 10.5 Å². The van der Waals surface area contributed by atoms with Crippen molar-refractivity contribution in [2.75, 3.05) is 10.5 Å². The normalized spacial score (nSPS) is 11.3. The molecule has 0 radical (unpaired) electrons. The van der Waals surface area contributed by atoms with Crippen LogP contribution in [0.15, 0.2) is 23.1 Å².